The molecule has 0 aliphatic rings. The molecule has 1 rings (SSSR count). The number of alkyl halides is 1. The Labute approximate surface area is 102 Å². The molecule has 0 bridgehead atoms. The van der Waals surface area contributed by atoms with E-state index in [0.29, 0.717) is 11.6 Å². The maximum Gasteiger partial charge on any atom is 0.229 e. The Bertz CT molecular complexity index is 445. The Kier molecular flexibility index (Phi) is 4.62. The first-order valence-electron chi connectivity index (χ1n) is 5.06. The van der Waals surface area contributed by atoms with Crippen LogP contribution < -0.4 is 4.72 Å². The van der Waals surface area contributed by atoms with Crippen LogP contribution in [0.5, 0.6) is 0 Å². The second kappa shape index (κ2) is 5.55. The van der Waals surface area contributed by atoms with Crippen molar-refractivity contribution in [2.75, 3.05) is 16.9 Å². The Hall–Kier alpha value is -0.740. The second-order valence-corrected chi connectivity index (χ2v) is 5.97. The molecule has 0 saturated heterocycles. The molecule has 90 valence electrons. The van der Waals surface area contributed by atoms with Crippen LogP contribution in [0.4, 0.5) is 5.69 Å². The van der Waals surface area contributed by atoms with E-state index in [4.69, 9.17) is 11.6 Å². The first-order valence-corrected chi connectivity index (χ1v) is 7.49. The number of hydrogen-bond acceptors (Lipinski definition) is 2. The summed E-state index contributed by atoms with van der Waals surface area (Å²) in [5.41, 5.74) is 1.62. The molecular formula is C11H16ClNO2S. The fourth-order valence-electron chi connectivity index (χ4n) is 1.54. The number of nitrogens with one attached hydrogen (secondary N) is 1. The lowest BCUT2D eigenvalue weighted by atomic mass is 9.97. The largest absolute Gasteiger partial charge is 0.283 e. The fraction of sp³-hybridized carbons (Fsp3) is 0.455. The molecule has 0 aromatic heterocycles. The van der Waals surface area contributed by atoms with Crippen molar-refractivity contribution in [1.29, 1.82) is 0 Å². The van der Waals surface area contributed by atoms with Gasteiger partial charge in [-0.25, -0.2) is 8.42 Å². The van der Waals surface area contributed by atoms with E-state index in [0.717, 1.165) is 18.2 Å². The minimum absolute atomic E-state index is 0.239. The molecule has 0 amide bonds. The van der Waals surface area contributed by atoms with Gasteiger partial charge in [0.05, 0.1) is 11.9 Å². The molecule has 0 fully saturated rings. The molecule has 0 saturated carbocycles. The van der Waals surface area contributed by atoms with Gasteiger partial charge in [0.2, 0.25) is 10.0 Å². The third-order valence-electron chi connectivity index (χ3n) is 2.33. The van der Waals surface area contributed by atoms with E-state index in [2.05, 4.69) is 4.72 Å². The van der Waals surface area contributed by atoms with E-state index in [1.807, 2.05) is 25.1 Å². The van der Waals surface area contributed by atoms with Gasteiger partial charge in [-0.1, -0.05) is 25.1 Å². The quantitative estimate of drug-likeness (QED) is 0.829. The van der Waals surface area contributed by atoms with Crippen LogP contribution in [-0.4, -0.2) is 20.6 Å². The molecule has 0 aliphatic heterocycles. The fourth-order valence-corrected chi connectivity index (χ4v) is 2.45. The molecule has 0 radical (unpaired) electrons. The smallest absolute Gasteiger partial charge is 0.229 e. The summed E-state index contributed by atoms with van der Waals surface area (Å²) in [6.45, 7) is 2.03. The van der Waals surface area contributed by atoms with E-state index in [9.17, 15) is 8.42 Å². The van der Waals surface area contributed by atoms with Gasteiger partial charge in [-0.2, -0.15) is 0 Å². The average molecular weight is 262 g/mol. The van der Waals surface area contributed by atoms with Crippen molar-refractivity contribution in [1.82, 2.24) is 0 Å². The summed E-state index contributed by atoms with van der Waals surface area (Å²) in [6, 6.07) is 7.39. The van der Waals surface area contributed by atoms with Crippen molar-refractivity contribution in [3.8, 4) is 0 Å². The minimum Gasteiger partial charge on any atom is -0.283 e. The van der Waals surface area contributed by atoms with Crippen LogP contribution in [0.25, 0.3) is 0 Å². The summed E-state index contributed by atoms with van der Waals surface area (Å²) in [5.74, 6) is 0.803. The molecule has 0 heterocycles. The monoisotopic (exact) mass is 261 g/mol. The minimum atomic E-state index is -3.23. The average Bonchev–Trinajstić information content (AvgIpc) is 2.16. The lowest BCUT2D eigenvalue weighted by Gasteiger charge is -2.15. The van der Waals surface area contributed by atoms with Gasteiger partial charge in [0.25, 0.3) is 0 Å². The van der Waals surface area contributed by atoms with Gasteiger partial charge in [-0.15, -0.1) is 11.6 Å². The van der Waals surface area contributed by atoms with Gasteiger partial charge in [0.1, 0.15) is 0 Å². The van der Waals surface area contributed by atoms with Crippen LogP contribution in [0, 0.1) is 0 Å². The van der Waals surface area contributed by atoms with Crippen LogP contribution in [0.2, 0.25) is 0 Å². The third kappa shape index (κ3) is 4.02. The highest BCUT2D eigenvalue weighted by Crippen LogP contribution is 2.27. The van der Waals surface area contributed by atoms with Gasteiger partial charge < -0.3 is 0 Å². The Morgan fingerprint density at radius 3 is 2.56 bits per heavy atom. The summed E-state index contributed by atoms with van der Waals surface area (Å²) in [5, 5.41) is 0. The summed E-state index contributed by atoms with van der Waals surface area (Å²) >= 11 is 5.69. The highest BCUT2D eigenvalue weighted by Gasteiger charge is 2.12. The molecule has 1 N–H and O–H groups in total. The number of sulfonamides is 1. The molecule has 1 unspecified atom stereocenters. The van der Waals surface area contributed by atoms with Crippen molar-refractivity contribution >= 4 is 27.3 Å². The van der Waals surface area contributed by atoms with Crippen LogP contribution in [0.3, 0.4) is 0 Å². The number of benzene rings is 1. The van der Waals surface area contributed by atoms with Gasteiger partial charge in [0.15, 0.2) is 0 Å². The Morgan fingerprint density at radius 1 is 1.38 bits per heavy atom. The standard InChI is InChI=1S/C11H16ClNO2S/c1-9(7-8-12)10-5-3-4-6-11(10)13-16(2,14)15/h3-6,9,13H,7-8H2,1-2H3. The van der Waals surface area contributed by atoms with Crippen molar-refractivity contribution in [3.63, 3.8) is 0 Å². The summed E-state index contributed by atoms with van der Waals surface area (Å²) in [7, 11) is -3.23. The van der Waals surface area contributed by atoms with Crippen molar-refractivity contribution in [2.24, 2.45) is 0 Å². The van der Waals surface area contributed by atoms with Gasteiger partial charge in [-0.05, 0) is 24.0 Å². The first kappa shape index (κ1) is 13.3. The summed E-state index contributed by atoms with van der Waals surface area (Å²) in [4.78, 5) is 0. The predicted molar refractivity (Wildman–Crippen MR) is 68.7 cm³/mol. The van der Waals surface area contributed by atoms with Crippen molar-refractivity contribution < 1.29 is 8.42 Å². The molecule has 0 aliphatic carbocycles. The number of halogens is 1. The van der Waals surface area contributed by atoms with E-state index < -0.39 is 10.0 Å². The zero-order chi connectivity index (χ0) is 12.2. The zero-order valence-electron chi connectivity index (χ0n) is 9.40. The highest BCUT2D eigenvalue weighted by molar-refractivity contribution is 7.92. The second-order valence-electron chi connectivity index (χ2n) is 3.84. The van der Waals surface area contributed by atoms with E-state index in [1.54, 1.807) is 6.07 Å². The topological polar surface area (TPSA) is 46.2 Å². The summed E-state index contributed by atoms with van der Waals surface area (Å²) < 4.78 is 24.9. The lowest BCUT2D eigenvalue weighted by molar-refractivity contribution is 0.606. The van der Waals surface area contributed by atoms with E-state index in [-0.39, 0.29) is 5.92 Å². The number of rotatable bonds is 5. The van der Waals surface area contributed by atoms with Crippen molar-refractivity contribution in [3.05, 3.63) is 29.8 Å². The molecule has 3 nitrogen and oxygen atoms in total. The molecule has 1 atom stereocenters. The lowest BCUT2D eigenvalue weighted by Crippen LogP contribution is -2.12. The highest BCUT2D eigenvalue weighted by atomic mass is 35.5. The van der Waals surface area contributed by atoms with Crippen molar-refractivity contribution in [2.45, 2.75) is 19.3 Å². The van der Waals surface area contributed by atoms with Crippen LogP contribution in [-0.2, 0) is 10.0 Å². The molecule has 5 heteroatoms. The van der Waals surface area contributed by atoms with Gasteiger partial charge >= 0.3 is 0 Å². The maximum atomic E-state index is 11.2. The zero-order valence-corrected chi connectivity index (χ0v) is 11.0. The molecule has 1 aromatic rings. The molecule has 16 heavy (non-hydrogen) atoms. The third-order valence-corrected chi connectivity index (χ3v) is 3.14. The predicted octanol–water partition coefficient (Wildman–Crippen LogP) is 2.79. The number of para-hydroxylation sites is 1. The SMILES string of the molecule is CC(CCCl)c1ccccc1NS(C)(=O)=O. The Balaban J connectivity index is 3.00. The van der Waals surface area contributed by atoms with Gasteiger partial charge in [0, 0.05) is 5.88 Å². The van der Waals surface area contributed by atoms with E-state index >= 15 is 0 Å². The van der Waals surface area contributed by atoms with E-state index in [1.165, 1.54) is 0 Å². The van der Waals surface area contributed by atoms with Crippen LogP contribution in [0.1, 0.15) is 24.8 Å². The summed E-state index contributed by atoms with van der Waals surface area (Å²) in [6.07, 6.45) is 1.97. The van der Waals surface area contributed by atoms with Crippen LogP contribution >= 0.6 is 11.6 Å². The maximum absolute atomic E-state index is 11.2. The normalized spacial score (nSPS) is 13.4. The number of hydrogen-bond donors (Lipinski definition) is 1. The van der Waals surface area contributed by atoms with Crippen LogP contribution in [0.15, 0.2) is 24.3 Å². The molecular weight excluding hydrogens is 246 g/mol. The Morgan fingerprint density at radius 2 is 2.00 bits per heavy atom. The van der Waals surface area contributed by atoms with Gasteiger partial charge in [-0.3, -0.25) is 4.72 Å². The molecule has 0 spiro atoms. The number of anilines is 1. The molecule has 1 aromatic carbocycles. The first-order chi connectivity index (χ1) is 7.44.